The van der Waals surface area contributed by atoms with Crippen LogP contribution in [0.1, 0.15) is 12.5 Å². The van der Waals surface area contributed by atoms with Crippen LogP contribution in [-0.2, 0) is 6.42 Å². The van der Waals surface area contributed by atoms with Gasteiger partial charge in [-0.05, 0) is 18.1 Å². The third-order valence-electron chi connectivity index (χ3n) is 1.59. The van der Waals surface area contributed by atoms with Gasteiger partial charge in [0.05, 0.1) is 0 Å². The van der Waals surface area contributed by atoms with Gasteiger partial charge in [0.2, 0.25) is 5.82 Å². The quantitative estimate of drug-likeness (QED) is 0.651. The number of halogens is 3. The lowest BCUT2D eigenvalue weighted by atomic mass is 10.1. The third-order valence-corrected chi connectivity index (χ3v) is 1.59. The lowest BCUT2D eigenvalue weighted by Gasteiger charge is -2.03. The van der Waals surface area contributed by atoms with E-state index >= 15 is 0 Å². The van der Waals surface area contributed by atoms with Gasteiger partial charge in [0.1, 0.15) is 0 Å². The molecule has 0 saturated heterocycles. The summed E-state index contributed by atoms with van der Waals surface area (Å²) in [6.07, 6.45) is 0.205. The summed E-state index contributed by atoms with van der Waals surface area (Å²) in [5.41, 5.74) is -0.0357. The number of phenols is 1. The molecule has 0 aromatic heterocycles. The van der Waals surface area contributed by atoms with E-state index in [1.807, 2.05) is 0 Å². The van der Waals surface area contributed by atoms with Crippen molar-refractivity contribution < 1.29 is 18.3 Å². The molecule has 0 spiro atoms. The van der Waals surface area contributed by atoms with Crippen LogP contribution in [0.25, 0.3) is 0 Å². The molecule has 12 heavy (non-hydrogen) atoms. The van der Waals surface area contributed by atoms with Crippen LogP contribution in [0.15, 0.2) is 6.07 Å². The molecule has 1 aromatic rings. The van der Waals surface area contributed by atoms with Gasteiger partial charge in [-0.2, -0.15) is 4.39 Å². The SMILES string of the molecule is CCc1cc(F)c(F)c(O)c1F. The zero-order valence-electron chi connectivity index (χ0n) is 6.37. The topological polar surface area (TPSA) is 20.2 Å². The van der Waals surface area contributed by atoms with Gasteiger partial charge in [-0.1, -0.05) is 6.92 Å². The summed E-state index contributed by atoms with van der Waals surface area (Å²) >= 11 is 0. The fraction of sp³-hybridized carbons (Fsp3) is 0.250. The molecule has 0 aliphatic heterocycles. The minimum atomic E-state index is -1.54. The largest absolute Gasteiger partial charge is 0.503 e. The highest BCUT2D eigenvalue weighted by Gasteiger charge is 2.16. The van der Waals surface area contributed by atoms with E-state index in [4.69, 9.17) is 5.11 Å². The molecule has 66 valence electrons. The van der Waals surface area contributed by atoms with Gasteiger partial charge in [-0.25, -0.2) is 8.78 Å². The molecule has 0 aliphatic rings. The highest BCUT2D eigenvalue weighted by molar-refractivity contribution is 5.32. The average Bonchev–Trinajstić information content (AvgIpc) is 2.08. The summed E-state index contributed by atoms with van der Waals surface area (Å²) in [5, 5.41) is 8.71. The Balaban J connectivity index is 3.39. The van der Waals surface area contributed by atoms with Crippen molar-refractivity contribution in [2.75, 3.05) is 0 Å². The molecule has 0 aliphatic carbocycles. The Bertz CT molecular complexity index is 310. The van der Waals surface area contributed by atoms with E-state index in [0.717, 1.165) is 6.07 Å². The second-order valence-electron chi connectivity index (χ2n) is 2.35. The van der Waals surface area contributed by atoms with Crippen LogP contribution >= 0.6 is 0 Å². The van der Waals surface area contributed by atoms with Gasteiger partial charge in [-0.3, -0.25) is 0 Å². The molecular weight excluding hydrogens is 169 g/mol. The first-order valence-corrected chi connectivity index (χ1v) is 3.43. The van der Waals surface area contributed by atoms with Crippen molar-refractivity contribution >= 4 is 0 Å². The summed E-state index contributed by atoms with van der Waals surface area (Å²) in [4.78, 5) is 0. The van der Waals surface area contributed by atoms with Crippen LogP contribution in [0.4, 0.5) is 13.2 Å². The standard InChI is InChI=1S/C8H7F3O/c1-2-4-3-5(9)7(11)8(12)6(4)10/h3,12H,2H2,1H3. The van der Waals surface area contributed by atoms with Crippen molar-refractivity contribution in [3.63, 3.8) is 0 Å². The highest BCUT2D eigenvalue weighted by atomic mass is 19.2. The molecule has 1 rings (SSSR count). The van der Waals surface area contributed by atoms with Crippen LogP contribution in [0, 0.1) is 17.5 Å². The molecule has 0 fully saturated rings. The first kappa shape index (κ1) is 8.90. The van der Waals surface area contributed by atoms with E-state index in [2.05, 4.69) is 0 Å². The Morgan fingerprint density at radius 1 is 1.25 bits per heavy atom. The number of aromatic hydroxyl groups is 1. The van der Waals surface area contributed by atoms with Gasteiger partial charge in [0, 0.05) is 0 Å². The normalized spacial score (nSPS) is 10.3. The number of benzene rings is 1. The molecule has 0 atom stereocenters. The number of hydrogen-bond acceptors (Lipinski definition) is 1. The number of hydrogen-bond donors (Lipinski definition) is 1. The molecule has 1 nitrogen and oxygen atoms in total. The number of aryl methyl sites for hydroxylation is 1. The Kier molecular flexibility index (Phi) is 2.26. The van der Waals surface area contributed by atoms with Gasteiger partial charge < -0.3 is 5.11 Å². The molecule has 0 unspecified atom stereocenters. The summed E-state index contributed by atoms with van der Waals surface area (Å²) in [6, 6.07) is 0.740. The molecule has 0 saturated carbocycles. The van der Waals surface area contributed by atoms with Crippen molar-refractivity contribution in [1.29, 1.82) is 0 Å². The molecule has 0 bridgehead atoms. The third kappa shape index (κ3) is 1.24. The predicted octanol–water partition coefficient (Wildman–Crippen LogP) is 2.37. The Morgan fingerprint density at radius 2 is 1.83 bits per heavy atom. The van der Waals surface area contributed by atoms with E-state index < -0.39 is 23.2 Å². The molecule has 0 radical (unpaired) electrons. The number of rotatable bonds is 1. The second kappa shape index (κ2) is 3.05. The lowest BCUT2D eigenvalue weighted by Crippen LogP contribution is -1.95. The fourth-order valence-corrected chi connectivity index (χ4v) is 0.899. The van der Waals surface area contributed by atoms with E-state index in [1.165, 1.54) is 0 Å². The van der Waals surface area contributed by atoms with Crippen molar-refractivity contribution in [2.45, 2.75) is 13.3 Å². The summed E-state index contributed by atoms with van der Waals surface area (Å²) in [7, 11) is 0. The van der Waals surface area contributed by atoms with Crippen molar-refractivity contribution in [1.82, 2.24) is 0 Å². The minimum Gasteiger partial charge on any atom is -0.503 e. The Hall–Kier alpha value is -1.19. The Labute approximate surface area is 67.5 Å². The van der Waals surface area contributed by atoms with Gasteiger partial charge in [0.15, 0.2) is 17.4 Å². The minimum absolute atomic E-state index is 0.0357. The van der Waals surface area contributed by atoms with Crippen molar-refractivity contribution in [3.8, 4) is 5.75 Å². The fourth-order valence-electron chi connectivity index (χ4n) is 0.899. The maximum atomic E-state index is 12.8. The summed E-state index contributed by atoms with van der Waals surface area (Å²) < 4.78 is 37.7. The first-order chi connectivity index (χ1) is 5.57. The molecule has 4 heteroatoms. The molecule has 0 amide bonds. The van der Waals surface area contributed by atoms with Crippen LogP contribution in [-0.4, -0.2) is 5.11 Å². The van der Waals surface area contributed by atoms with Gasteiger partial charge in [-0.15, -0.1) is 0 Å². The second-order valence-corrected chi connectivity index (χ2v) is 2.35. The van der Waals surface area contributed by atoms with Gasteiger partial charge >= 0.3 is 0 Å². The monoisotopic (exact) mass is 176 g/mol. The summed E-state index contributed by atoms with van der Waals surface area (Å²) in [5.74, 6) is -5.10. The maximum Gasteiger partial charge on any atom is 0.203 e. The number of phenolic OH excluding ortho intramolecular Hbond substituents is 1. The van der Waals surface area contributed by atoms with E-state index in [9.17, 15) is 13.2 Å². The molecular formula is C8H7F3O. The lowest BCUT2D eigenvalue weighted by molar-refractivity contribution is 0.373. The van der Waals surface area contributed by atoms with Crippen LogP contribution < -0.4 is 0 Å². The molecule has 1 N–H and O–H groups in total. The first-order valence-electron chi connectivity index (χ1n) is 3.43. The van der Waals surface area contributed by atoms with Crippen LogP contribution in [0.5, 0.6) is 5.75 Å². The van der Waals surface area contributed by atoms with Crippen molar-refractivity contribution in [2.24, 2.45) is 0 Å². The Morgan fingerprint density at radius 3 is 2.33 bits per heavy atom. The summed E-state index contributed by atoms with van der Waals surface area (Å²) in [6.45, 7) is 1.58. The van der Waals surface area contributed by atoms with E-state index in [0.29, 0.717) is 0 Å². The predicted molar refractivity (Wildman–Crippen MR) is 37.4 cm³/mol. The van der Waals surface area contributed by atoms with E-state index in [-0.39, 0.29) is 12.0 Å². The highest BCUT2D eigenvalue weighted by Crippen LogP contribution is 2.25. The zero-order chi connectivity index (χ0) is 9.30. The molecule has 1 aromatic carbocycles. The van der Waals surface area contributed by atoms with E-state index in [1.54, 1.807) is 6.92 Å². The zero-order valence-corrected chi connectivity index (χ0v) is 6.37. The molecule has 0 heterocycles. The van der Waals surface area contributed by atoms with Crippen LogP contribution in [0.3, 0.4) is 0 Å². The van der Waals surface area contributed by atoms with Gasteiger partial charge in [0.25, 0.3) is 0 Å². The maximum absolute atomic E-state index is 12.8. The average molecular weight is 176 g/mol. The smallest absolute Gasteiger partial charge is 0.203 e. The van der Waals surface area contributed by atoms with Crippen molar-refractivity contribution in [3.05, 3.63) is 29.1 Å². The van der Waals surface area contributed by atoms with Crippen LogP contribution in [0.2, 0.25) is 0 Å².